The number of halogens is 3. The van der Waals surface area contributed by atoms with Crippen molar-refractivity contribution in [2.45, 2.75) is 30.2 Å². The zero-order valence-electron chi connectivity index (χ0n) is 17.9. The molecule has 1 aliphatic heterocycles. The molecule has 4 rings (SSSR count). The van der Waals surface area contributed by atoms with Crippen LogP contribution in [-0.4, -0.2) is 16.5 Å². The molecule has 5 nitrogen and oxygen atoms in total. The zero-order chi connectivity index (χ0) is 23.5. The van der Waals surface area contributed by atoms with Gasteiger partial charge in [-0.2, -0.15) is 0 Å². The Hall–Kier alpha value is -3.17. The molecule has 2 aromatic carbocycles. The molecule has 3 N–H and O–H groups in total. The second kappa shape index (κ2) is 9.76. The molecule has 33 heavy (non-hydrogen) atoms. The molecule has 0 aliphatic carbocycles. The van der Waals surface area contributed by atoms with Crippen molar-refractivity contribution in [1.29, 1.82) is 4.78 Å². The lowest BCUT2D eigenvalue weighted by Gasteiger charge is -2.14. The fraction of sp³-hybridized carbons (Fsp3) is 0.208. The summed E-state index contributed by atoms with van der Waals surface area (Å²) in [5.41, 5.74) is 1.90. The zero-order valence-corrected chi connectivity index (χ0v) is 18.7. The second-order valence-electron chi connectivity index (χ2n) is 7.84. The average molecular weight is 473 g/mol. The summed E-state index contributed by atoms with van der Waals surface area (Å²) in [5, 5.41) is 2.42. The molecular weight excluding hydrogens is 449 g/mol. The summed E-state index contributed by atoms with van der Waals surface area (Å²) in [5.74, 6) is -4.96. The van der Waals surface area contributed by atoms with Crippen LogP contribution in [0.3, 0.4) is 0 Å². The summed E-state index contributed by atoms with van der Waals surface area (Å²) in [6.45, 7) is 0. The second-order valence-corrected chi connectivity index (χ2v) is 9.13. The van der Waals surface area contributed by atoms with Gasteiger partial charge in [-0.15, -0.1) is 0 Å². The molecular formula is C24H23F3N4OS. The largest absolute Gasteiger partial charge is 0.345 e. The molecule has 0 spiro atoms. The van der Waals surface area contributed by atoms with E-state index in [4.69, 9.17) is 4.78 Å². The Morgan fingerprint density at radius 3 is 2.58 bits per heavy atom. The molecule has 0 saturated heterocycles. The minimum absolute atomic E-state index is 0.0246. The van der Waals surface area contributed by atoms with Crippen LogP contribution in [0.4, 0.5) is 18.9 Å². The predicted octanol–water partition coefficient (Wildman–Crippen LogP) is 5.36. The Balaban J connectivity index is 1.51. The number of aromatic nitrogens is 1. The van der Waals surface area contributed by atoms with Crippen LogP contribution in [0.25, 0.3) is 6.08 Å². The first kappa shape index (κ1) is 23.0. The van der Waals surface area contributed by atoms with Gasteiger partial charge in [0.1, 0.15) is 5.69 Å². The Morgan fingerprint density at radius 1 is 1.18 bits per heavy atom. The van der Waals surface area contributed by atoms with E-state index >= 15 is 0 Å². The number of amides is 1. The molecule has 0 radical (unpaired) electrons. The molecule has 172 valence electrons. The first-order chi connectivity index (χ1) is 15.8. The average Bonchev–Trinajstić information content (AvgIpc) is 3.04. The van der Waals surface area contributed by atoms with Crippen molar-refractivity contribution in [2.24, 2.45) is 7.05 Å². The number of fused-ring (bicyclic) bond motifs is 1. The predicted molar refractivity (Wildman–Crippen MR) is 123 cm³/mol. The summed E-state index contributed by atoms with van der Waals surface area (Å²) >= 11 is 0. The maximum atomic E-state index is 13.5. The summed E-state index contributed by atoms with van der Waals surface area (Å²) in [7, 11) is 0.608. The van der Waals surface area contributed by atoms with E-state index in [1.807, 2.05) is 30.4 Å². The van der Waals surface area contributed by atoms with Gasteiger partial charge in [0.15, 0.2) is 17.5 Å². The third-order valence-electron chi connectivity index (χ3n) is 5.45. The van der Waals surface area contributed by atoms with Gasteiger partial charge in [-0.1, -0.05) is 42.5 Å². The Kier molecular flexibility index (Phi) is 6.80. The SMILES string of the molecule is Cn1cc2c(c1C(=O)Nc1cc(F)c(F)c(F)c1)C=CC(CCCc1ccccc1)NS2=N. The van der Waals surface area contributed by atoms with Crippen molar-refractivity contribution in [1.82, 2.24) is 9.29 Å². The van der Waals surface area contributed by atoms with Gasteiger partial charge in [0, 0.05) is 42.7 Å². The van der Waals surface area contributed by atoms with Crippen LogP contribution in [0, 0.1) is 22.2 Å². The van der Waals surface area contributed by atoms with Crippen molar-refractivity contribution in [2.75, 3.05) is 5.32 Å². The number of hydrogen-bond donors (Lipinski definition) is 3. The molecule has 1 amide bonds. The van der Waals surface area contributed by atoms with Crippen LogP contribution in [0.1, 0.15) is 34.5 Å². The molecule has 2 atom stereocenters. The number of nitrogens with one attached hydrogen (secondary N) is 3. The van der Waals surface area contributed by atoms with E-state index in [0.717, 1.165) is 31.4 Å². The molecule has 3 aromatic rings. The van der Waals surface area contributed by atoms with Crippen molar-refractivity contribution in [3.8, 4) is 0 Å². The summed E-state index contributed by atoms with van der Waals surface area (Å²) < 4.78 is 53.7. The van der Waals surface area contributed by atoms with Crippen LogP contribution < -0.4 is 10.0 Å². The van der Waals surface area contributed by atoms with Gasteiger partial charge < -0.3 is 9.88 Å². The van der Waals surface area contributed by atoms with E-state index in [1.54, 1.807) is 17.8 Å². The van der Waals surface area contributed by atoms with Gasteiger partial charge in [0.05, 0.1) is 4.90 Å². The topological polar surface area (TPSA) is 69.9 Å². The number of hydrogen-bond acceptors (Lipinski definition) is 2. The fourth-order valence-electron chi connectivity index (χ4n) is 3.83. The van der Waals surface area contributed by atoms with Crippen LogP contribution >= 0.6 is 0 Å². The number of aryl methyl sites for hydroxylation is 2. The monoisotopic (exact) mass is 472 g/mol. The molecule has 1 aromatic heterocycles. The number of carbonyl (C=O) groups excluding carboxylic acids is 1. The highest BCUT2D eigenvalue weighted by atomic mass is 32.2. The van der Waals surface area contributed by atoms with Gasteiger partial charge in [-0.25, -0.2) is 17.9 Å². The van der Waals surface area contributed by atoms with Gasteiger partial charge >= 0.3 is 0 Å². The smallest absolute Gasteiger partial charge is 0.272 e. The standard InChI is InChI=1S/C24H23F3N4OS/c1-31-14-21-18(23(31)24(32)29-17-12-19(25)22(27)20(26)13-17)11-10-16(30-33(21)28)9-5-8-15-6-3-2-4-7-15/h2-4,6-7,10-14,16H,5,8-9H2,1H3,(H2,28,30)(H,29,32). The van der Waals surface area contributed by atoms with Gasteiger partial charge in [-0.05, 0) is 35.7 Å². The Bertz CT molecular complexity index is 1220. The van der Waals surface area contributed by atoms with Crippen LogP contribution in [0.15, 0.2) is 59.6 Å². The van der Waals surface area contributed by atoms with E-state index in [0.29, 0.717) is 10.5 Å². The first-order valence-corrected chi connectivity index (χ1v) is 11.6. The minimum atomic E-state index is -1.59. The lowest BCUT2D eigenvalue weighted by molar-refractivity contribution is 0.101. The van der Waals surface area contributed by atoms with Crippen LogP contribution in [0.2, 0.25) is 0 Å². The number of carbonyl (C=O) groups is 1. The summed E-state index contributed by atoms with van der Waals surface area (Å²) in [6.07, 6.45) is 8.17. The molecule has 1 aliphatic rings. The highest BCUT2D eigenvalue weighted by molar-refractivity contribution is 7.84. The molecule has 0 saturated carbocycles. The van der Waals surface area contributed by atoms with Crippen molar-refractivity contribution >= 4 is 28.5 Å². The third-order valence-corrected chi connectivity index (χ3v) is 6.75. The Morgan fingerprint density at radius 2 is 1.88 bits per heavy atom. The lowest BCUT2D eigenvalue weighted by Crippen LogP contribution is -2.27. The number of anilines is 1. The van der Waals surface area contributed by atoms with E-state index in [1.165, 1.54) is 5.56 Å². The first-order valence-electron chi connectivity index (χ1n) is 10.4. The minimum Gasteiger partial charge on any atom is -0.345 e. The van der Waals surface area contributed by atoms with E-state index < -0.39 is 34.2 Å². The van der Waals surface area contributed by atoms with E-state index in [2.05, 4.69) is 22.2 Å². The van der Waals surface area contributed by atoms with Crippen molar-refractivity contribution in [3.63, 3.8) is 0 Å². The number of rotatable bonds is 6. The normalized spacial score (nSPS) is 17.5. The number of benzene rings is 2. The molecule has 9 heteroatoms. The highest BCUT2D eigenvalue weighted by Gasteiger charge is 2.24. The molecule has 0 fully saturated rings. The molecule has 2 unspecified atom stereocenters. The fourth-order valence-corrected chi connectivity index (χ4v) is 5.11. The lowest BCUT2D eigenvalue weighted by atomic mass is 10.0. The van der Waals surface area contributed by atoms with E-state index in [9.17, 15) is 18.0 Å². The van der Waals surface area contributed by atoms with Gasteiger partial charge in [-0.3, -0.25) is 9.57 Å². The third kappa shape index (κ3) is 5.09. The quantitative estimate of drug-likeness (QED) is 0.423. The van der Waals surface area contributed by atoms with Crippen LogP contribution in [-0.2, 0) is 24.3 Å². The Labute approximate surface area is 192 Å². The van der Waals surface area contributed by atoms with Crippen LogP contribution in [0.5, 0.6) is 0 Å². The van der Waals surface area contributed by atoms with Gasteiger partial charge in [0.25, 0.3) is 5.91 Å². The summed E-state index contributed by atoms with van der Waals surface area (Å²) in [4.78, 5) is 13.6. The maximum Gasteiger partial charge on any atom is 0.272 e. The van der Waals surface area contributed by atoms with E-state index in [-0.39, 0.29) is 17.4 Å². The maximum absolute atomic E-state index is 13.5. The highest BCUT2D eigenvalue weighted by Crippen LogP contribution is 2.27. The van der Waals surface area contributed by atoms with Crippen molar-refractivity contribution in [3.05, 3.63) is 89.0 Å². The van der Waals surface area contributed by atoms with Gasteiger partial charge in [0.2, 0.25) is 0 Å². The van der Waals surface area contributed by atoms with Crippen molar-refractivity contribution < 1.29 is 18.0 Å². The number of nitrogens with zero attached hydrogens (tertiary/aromatic N) is 1. The molecule has 2 heterocycles. The molecule has 0 bridgehead atoms. The summed E-state index contributed by atoms with van der Waals surface area (Å²) in [6, 6.07) is 11.6.